The van der Waals surface area contributed by atoms with Gasteiger partial charge in [-0.1, -0.05) is 12.1 Å². The predicted molar refractivity (Wildman–Crippen MR) is 131 cm³/mol. The van der Waals surface area contributed by atoms with E-state index >= 15 is 0 Å². The average Bonchev–Trinajstić information content (AvgIpc) is 3.47. The molecule has 1 saturated heterocycles. The molecule has 1 aliphatic rings. The Kier molecular flexibility index (Phi) is 6.64. The van der Waals surface area contributed by atoms with Gasteiger partial charge in [-0.25, -0.2) is 22.7 Å². The monoisotopic (exact) mass is 562 g/mol. The van der Waals surface area contributed by atoms with E-state index in [1.165, 1.54) is 18.2 Å². The Bertz CT molecular complexity index is 1650. The summed E-state index contributed by atoms with van der Waals surface area (Å²) in [6.07, 6.45) is -5.47. The fraction of sp³-hybridized carbons (Fsp3) is 0.231. The van der Waals surface area contributed by atoms with E-state index in [4.69, 9.17) is 5.73 Å². The number of nitrogen functional groups attached to an aromatic ring is 1. The second-order valence-electron chi connectivity index (χ2n) is 9.31. The summed E-state index contributed by atoms with van der Waals surface area (Å²) < 4.78 is 84.5. The molecule has 5 rings (SSSR count). The highest BCUT2D eigenvalue weighted by molar-refractivity contribution is 5.98. The van der Waals surface area contributed by atoms with Crippen molar-refractivity contribution in [3.05, 3.63) is 82.7 Å². The Morgan fingerprint density at radius 2 is 1.80 bits per heavy atom. The largest absolute Gasteiger partial charge is 0.418 e. The van der Waals surface area contributed by atoms with Crippen LogP contribution in [0.5, 0.6) is 0 Å². The lowest BCUT2D eigenvalue weighted by Gasteiger charge is -2.18. The average molecular weight is 562 g/mol. The zero-order valence-electron chi connectivity index (χ0n) is 20.6. The van der Waals surface area contributed by atoms with E-state index in [1.807, 2.05) is 0 Å². The number of hydrogen-bond donors (Lipinski definition) is 2. The van der Waals surface area contributed by atoms with Crippen LogP contribution in [0.4, 0.5) is 32.2 Å². The van der Waals surface area contributed by atoms with Gasteiger partial charge in [0, 0.05) is 17.7 Å². The molecule has 2 aromatic carbocycles. The molecule has 0 radical (unpaired) electrons. The third kappa shape index (κ3) is 4.80. The van der Waals surface area contributed by atoms with Crippen LogP contribution in [0.25, 0.3) is 16.8 Å². The molecule has 0 aliphatic carbocycles. The highest BCUT2D eigenvalue weighted by Gasteiger charge is 2.38. The van der Waals surface area contributed by atoms with Gasteiger partial charge in [0.2, 0.25) is 0 Å². The van der Waals surface area contributed by atoms with Crippen molar-refractivity contribution in [2.45, 2.75) is 25.3 Å². The van der Waals surface area contributed by atoms with Crippen LogP contribution in [0.15, 0.2) is 48.8 Å². The van der Waals surface area contributed by atoms with Crippen LogP contribution in [0.2, 0.25) is 0 Å². The molecule has 8 nitrogen and oxygen atoms in total. The summed E-state index contributed by atoms with van der Waals surface area (Å²) in [6, 6.07) is 6.34. The Labute approximate surface area is 222 Å². The van der Waals surface area contributed by atoms with Gasteiger partial charge in [-0.3, -0.25) is 9.59 Å². The molecule has 2 amide bonds. The van der Waals surface area contributed by atoms with Gasteiger partial charge in [-0.05, 0) is 42.8 Å². The lowest BCUT2D eigenvalue weighted by molar-refractivity contribution is -0.136. The molecule has 3 heterocycles. The summed E-state index contributed by atoms with van der Waals surface area (Å²) >= 11 is 0. The predicted octanol–water partition coefficient (Wildman–Crippen LogP) is 4.18. The fourth-order valence-electron chi connectivity index (χ4n) is 4.66. The van der Waals surface area contributed by atoms with E-state index in [9.17, 15) is 35.9 Å². The standard InChI is InChI=1S/C26H20F6N6O2/c1-12-2-3-13(21-8-17(26(30,31)32)22-23(33)34-11-35-38(21)22)6-15(12)24(39)36-20-10-37(9-19(20)29)25(40)16-7-14(27)4-5-18(16)28/h2-8,11,19-20H,9-10H2,1H3,(H,36,39)(H2,33,34,35)/t19-,20+/m0/s1. The summed E-state index contributed by atoms with van der Waals surface area (Å²) in [5, 5.41) is 6.39. The van der Waals surface area contributed by atoms with Crippen LogP contribution < -0.4 is 11.1 Å². The Hall–Kier alpha value is -4.62. The molecule has 4 aromatic rings. The van der Waals surface area contributed by atoms with E-state index in [0.29, 0.717) is 11.6 Å². The number of anilines is 1. The van der Waals surface area contributed by atoms with Gasteiger partial charge in [0.05, 0.1) is 29.4 Å². The number of nitrogens with zero attached hydrogens (tertiary/aromatic N) is 4. The van der Waals surface area contributed by atoms with Crippen molar-refractivity contribution in [1.29, 1.82) is 0 Å². The number of carbonyl (C=O) groups excluding carboxylic acids is 2. The lowest BCUT2D eigenvalue weighted by Crippen LogP contribution is -2.42. The van der Waals surface area contributed by atoms with Gasteiger partial charge < -0.3 is 16.0 Å². The number of nitrogens with one attached hydrogen (secondary N) is 1. The number of hydrogen-bond acceptors (Lipinski definition) is 5. The molecule has 40 heavy (non-hydrogen) atoms. The number of amides is 2. The first-order valence-electron chi connectivity index (χ1n) is 11.8. The molecule has 0 saturated carbocycles. The normalized spacial score (nSPS) is 17.4. The van der Waals surface area contributed by atoms with E-state index in [-0.39, 0.29) is 29.2 Å². The molecule has 2 atom stereocenters. The Morgan fingerprint density at radius 1 is 1.05 bits per heavy atom. The SMILES string of the molecule is Cc1ccc(-c2cc(C(F)(F)F)c3c(N)ncnn23)cc1C(=O)N[C@@H]1CN(C(=O)c2cc(F)ccc2F)C[C@@H]1F. The van der Waals surface area contributed by atoms with Crippen LogP contribution in [0.1, 0.15) is 31.8 Å². The number of nitrogens with two attached hydrogens (primary N) is 1. The topological polar surface area (TPSA) is 106 Å². The third-order valence-corrected chi connectivity index (χ3v) is 6.68. The number of halogens is 6. The number of alkyl halides is 4. The van der Waals surface area contributed by atoms with Gasteiger partial charge in [-0.15, -0.1) is 0 Å². The highest BCUT2D eigenvalue weighted by Crippen LogP contribution is 2.38. The second-order valence-corrected chi connectivity index (χ2v) is 9.31. The molecule has 0 bridgehead atoms. The number of carbonyl (C=O) groups is 2. The van der Waals surface area contributed by atoms with Crippen molar-refractivity contribution >= 4 is 23.1 Å². The van der Waals surface area contributed by atoms with Crippen LogP contribution in [-0.2, 0) is 6.18 Å². The Balaban J connectivity index is 1.41. The fourth-order valence-corrected chi connectivity index (χ4v) is 4.66. The molecular formula is C26H20F6N6O2. The van der Waals surface area contributed by atoms with Crippen molar-refractivity contribution in [2.24, 2.45) is 0 Å². The zero-order valence-corrected chi connectivity index (χ0v) is 20.6. The van der Waals surface area contributed by atoms with Gasteiger partial charge in [0.1, 0.15) is 29.7 Å². The molecule has 2 aromatic heterocycles. The number of aromatic nitrogens is 3. The first-order valence-corrected chi connectivity index (χ1v) is 11.8. The zero-order chi connectivity index (χ0) is 28.9. The van der Waals surface area contributed by atoms with Crippen LogP contribution >= 0.6 is 0 Å². The highest BCUT2D eigenvalue weighted by atomic mass is 19.4. The van der Waals surface area contributed by atoms with Crippen molar-refractivity contribution in [3.63, 3.8) is 0 Å². The van der Waals surface area contributed by atoms with Gasteiger partial charge in [0.25, 0.3) is 11.8 Å². The van der Waals surface area contributed by atoms with Crippen LogP contribution in [0, 0.1) is 18.6 Å². The maximum absolute atomic E-state index is 14.8. The van der Waals surface area contributed by atoms with E-state index in [0.717, 1.165) is 33.9 Å². The molecule has 1 aliphatic heterocycles. The summed E-state index contributed by atoms with van der Waals surface area (Å²) in [6.45, 7) is 0.811. The third-order valence-electron chi connectivity index (χ3n) is 6.68. The number of aryl methyl sites for hydroxylation is 1. The second kappa shape index (κ2) is 9.84. The van der Waals surface area contributed by atoms with E-state index in [2.05, 4.69) is 15.4 Å². The van der Waals surface area contributed by atoms with Crippen molar-refractivity contribution in [1.82, 2.24) is 24.8 Å². The summed E-state index contributed by atoms with van der Waals surface area (Å²) in [5.74, 6) is -3.87. The number of likely N-dealkylation sites (tertiary alicyclic amines) is 1. The minimum atomic E-state index is -4.76. The maximum atomic E-state index is 14.8. The minimum Gasteiger partial charge on any atom is -0.382 e. The molecular weight excluding hydrogens is 542 g/mol. The first-order chi connectivity index (χ1) is 18.8. The van der Waals surface area contributed by atoms with Crippen molar-refractivity contribution < 1.29 is 35.9 Å². The van der Waals surface area contributed by atoms with Crippen molar-refractivity contribution in [2.75, 3.05) is 18.8 Å². The van der Waals surface area contributed by atoms with E-state index < -0.39 is 65.0 Å². The molecule has 0 unspecified atom stereocenters. The first kappa shape index (κ1) is 27.0. The number of fused-ring (bicyclic) bond motifs is 1. The molecule has 0 spiro atoms. The smallest absolute Gasteiger partial charge is 0.382 e. The number of benzene rings is 2. The van der Waals surface area contributed by atoms with E-state index in [1.54, 1.807) is 6.92 Å². The summed E-state index contributed by atoms with van der Waals surface area (Å²) in [7, 11) is 0. The Morgan fingerprint density at radius 3 is 2.52 bits per heavy atom. The van der Waals surface area contributed by atoms with Crippen molar-refractivity contribution in [3.8, 4) is 11.3 Å². The van der Waals surface area contributed by atoms with Gasteiger partial charge in [0.15, 0.2) is 5.82 Å². The van der Waals surface area contributed by atoms with Gasteiger partial charge >= 0.3 is 6.18 Å². The summed E-state index contributed by atoms with van der Waals surface area (Å²) in [5.41, 5.74) is 4.30. The molecule has 208 valence electrons. The summed E-state index contributed by atoms with van der Waals surface area (Å²) in [4.78, 5) is 30.4. The van der Waals surface area contributed by atoms with Crippen LogP contribution in [0.3, 0.4) is 0 Å². The van der Waals surface area contributed by atoms with Crippen LogP contribution in [-0.4, -0.2) is 56.6 Å². The molecule has 3 N–H and O–H groups in total. The molecule has 14 heteroatoms. The number of rotatable bonds is 4. The quantitative estimate of drug-likeness (QED) is 0.363. The molecule has 1 fully saturated rings. The van der Waals surface area contributed by atoms with Gasteiger partial charge in [-0.2, -0.15) is 18.3 Å². The lowest BCUT2D eigenvalue weighted by atomic mass is 10.0. The maximum Gasteiger partial charge on any atom is 0.418 e. The minimum absolute atomic E-state index is 0.0106.